The number of benzene rings is 3. The lowest BCUT2D eigenvalue weighted by molar-refractivity contribution is -0.271. The van der Waals surface area contributed by atoms with Crippen molar-refractivity contribution in [2.45, 2.75) is 88.7 Å². The number of hydrogen-bond acceptors (Lipinski definition) is 10. The molecule has 4 aliphatic heterocycles. The topological polar surface area (TPSA) is 152 Å². The van der Waals surface area contributed by atoms with E-state index < -0.39 is 72.6 Å². The first-order valence-corrected chi connectivity index (χ1v) is 13.7. The summed E-state index contributed by atoms with van der Waals surface area (Å²) in [7, 11) is 0. The SMILES string of the molecule is C[C@@H]1O[C@@H](C)[C@@H]2O[C@]3(O)CC(=O)c4c(O)c5c6c7c8c9c(c(O)c1c2c9c3c47)C(=O)C[C@]8(O)O[C@@H]6[C@H](C)O[C@H]5C. The average Bonchev–Trinajstić information content (AvgIpc) is 2.85. The number of phenols is 2. The Morgan fingerprint density at radius 2 is 1.00 bits per heavy atom. The molecule has 0 aromatic heterocycles. The van der Waals surface area contributed by atoms with E-state index in [0.29, 0.717) is 33.0 Å². The zero-order valence-electron chi connectivity index (χ0n) is 22.1. The van der Waals surface area contributed by atoms with E-state index in [-0.39, 0.29) is 44.5 Å². The Labute approximate surface area is 227 Å². The summed E-state index contributed by atoms with van der Waals surface area (Å²) < 4.78 is 24.8. The molecule has 10 nitrogen and oxygen atoms in total. The summed E-state index contributed by atoms with van der Waals surface area (Å²) in [6, 6.07) is 0. The minimum Gasteiger partial charge on any atom is -0.507 e. The summed E-state index contributed by atoms with van der Waals surface area (Å²) >= 11 is 0. The monoisotopic (exact) mass is 546 g/mol. The van der Waals surface area contributed by atoms with Gasteiger partial charge in [-0.05, 0) is 38.5 Å². The van der Waals surface area contributed by atoms with Gasteiger partial charge in [-0.2, -0.15) is 0 Å². The minimum absolute atomic E-state index is 0.0232. The summed E-state index contributed by atoms with van der Waals surface area (Å²) in [6.07, 6.45) is -5.02. The largest absolute Gasteiger partial charge is 0.507 e. The predicted octanol–water partition coefficient (Wildman–Crippen LogP) is 3.97. The Morgan fingerprint density at radius 1 is 0.625 bits per heavy atom. The molecule has 2 aliphatic carbocycles. The number of Topliss-reactive ketones (excluding diaryl/α,β-unsaturated/α-hetero) is 2. The van der Waals surface area contributed by atoms with Gasteiger partial charge in [-0.3, -0.25) is 9.59 Å². The number of ketones is 2. The Hall–Kier alpha value is -3.12. The lowest BCUT2D eigenvalue weighted by Crippen LogP contribution is -2.48. The van der Waals surface area contributed by atoms with E-state index >= 15 is 0 Å². The molecule has 6 aliphatic rings. The van der Waals surface area contributed by atoms with Gasteiger partial charge in [0, 0.05) is 44.2 Å². The molecule has 0 saturated heterocycles. The minimum atomic E-state index is -2.10. The third-order valence-electron chi connectivity index (χ3n) is 9.96. The van der Waals surface area contributed by atoms with Crippen LogP contribution in [0.15, 0.2) is 0 Å². The van der Waals surface area contributed by atoms with E-state index in [1.807, 2.05) is 0 Å². The van der Waals surface area contributed by atoms with E-state index in [9.17, 15) is 30.0 Å². The van der Waals surface area contributed by atoms with Crippen LogP contribution in [0.1, 0.15) is 119 Å². The smallest absolute Gasteiger partial charge is 0.201 e. The van der Waals surface area contributed by atoms with Gasteiger partial charge in [0.1, 0.15) is 23.7 Å². The zero-order chi connectivity index (χ0) is 27.9. The standard InChI is InChI=1S/C30H26O10/c1-7-13-21-19-17-15(25(13)33)11(31)5-30(36)24(17)20-18-16(26(34)14-8(2)38-10(4)28(40-30)22(14)20)12(32)6-29(35,23(18)19)39-27(21)9(3)37-7/h7-10,27-28,33-36H,5-6H2,1-4H3/t7-,8-,9-,10-,27-,28+,29+,30-/m0/s1. The van der Waals surface area contributed by atoms with E-state index in [0.717, 1.165) is 0 Å². The van der Waals surface area contributed by atoms with Crippen LogP contribution in [0.5, 0.6) is 11.5 Å². The first kappa shape index (κ1) is 23.6. The number of aliphatic hydroxyl groups is 2. The highest BCUT2D eigenvalue weighted by atomic mass is 16.7. The molecule has 0 spiro atoms. The maximum atomic E-state index is 13.8. The Kier molecular flexibility index (Phi) is 3.93. The normalized spacial score (nSPS) is 38.1. The zero-order valence-corrected chi connectivity index (χ0v) is 22.1. The van der Waals surface area contributed by atoms with Crippen LogP contribution in [0.4, 0.5) is 0 Å². The molecule has 0 saturated carbocycles. The van der Waals surface area contributed by atoms with Crippen LogP contribution in [-0.4, -0.2) is 44.2 Å². The van der Waals surface area contributed by atoms with Gasteiger partial charge in [-0.15, -0.1) is 0 Å². The maximum absolute atomic E-state index is 13.8. The quantitative estimate of drug-likeness (QED) is 0.305. The van der Waals surface area contributed by atoms with Crippen molar-refractivity contribution in [3.8, 4) is 11.5 Å². The molecule has 0 fully saturated rings. The lowest BCUT2D eigenvalue weighted by atomic mass is 9.66. The van der Waals surface area contributed by atoms with E-state index in [1.54, 1.807) is 27.7 Å². The fraction of sp³-hybridized carbons (Fsp3) is 0.467. The molecule has 40 heavy (non-hydrogen) atoms. The van der Waals surface area contributed by atoms with E-state index in [1.165, 1.54) is 0 Å². The van der Waals surface area contributed by atoms with Crippen molar-refractivity contribution in [2.24, 2.45) is 0 Å². The molecule has 0 bridgehead atoms. The summed E-state index contributed by atoms with van der Waals surface area (Å²) in [5.41, 5.74) is 2.40. The molecule has 0 radical (unpaired) electrons. The van der Waals surface area contributed by atoms with Crippen LogP contribution in [0.2, 0.25) is 0 Å². The van der Waals surface area contributed by atoms with Crippen molar-refractivity contribution in [1.29, 1.82) is 0 Å². The van der Waals surface area contributed by atoms with Crippen molar-refractivity contribution < 1.29 is 49.0 Å². The molecule has 3 aromatic carbocycles. The number of phenolic OH excluding ortho intramolecular Hbond substituents is 2. The molecule has 206 valence electrons. The van der Waals surface area contributed by atoms with Gasteiger partial charge < -0.3 is 39.4 Å². The Morgan fingerprint density at radius 3 is 1.38 bits per heavy atom. The first-order chi connectivity index (χ1) is 18.9. The van der Waals surface area contributed by atoms with Crippen molar-refractivity contribution in [2.75, 3.05) is 0 Å². The van der Waals surface area contributed by atoms with Crippen LogP contribution in [-0.2, 0) is 30.5 Å². The molecule has 4 heterocycles. The van der Waals surface area contributed by atoms with Gasteiger partial charge in [0.25, 0.3) is 0 Å². The highest BCUT2D eigenvalue weighted by molar-refractivity contribution is 6.26. The number of carbonyl (C=O) groups excluding carboxylic acids is 2. The third-order valence-corrected chi connectivity index (χ3v) is 9.96. The second-order valence-corrected chi connectivity index (χ2v) is 12.2. The van der Waals surface area contributed by atoms with Crippen LogP contribution in [0.3, 0.4) is 0 Å². The highest BCUT2D eigenvalue weighted by Crippen LogP contribution is 2.66. The van der Waals surface area contributed by atoms with Gasteiger partial charge in [-0.25, -0.2) is 0 Å². The van der Waals surface area contributed by atoms with Crippen molar-refractivity contribution in [1.82, 2.24) is 0 Å². The summed E-state index contributed by atoms with van der Waals surface area (Å²) in [5.74, 6) is -5.73. The molecule has 8 atom stereocenters. The van der Waals surface area contributed by atoms with Gasteiger partial charge in [0.05, 0.1) is 48.4 Å². The number of aromatic hydroxyl groups is 2. The lowest BCUT2D eigenvalue weighted by Gasteiger charge is -2.52. The summed E-state index contributed by atoms with van der Waals surface area (Å²) in [5, 5.41) is 49.1. The average molecular weight is 547 g/mol. The molecule has 10 heteroatoms. The molecule has 0 amide bonds. The molecular weight excluding hydrogens is 520 g/mol. The number of carbonyl (C=O) groups is 2. The van der Waals surface area contributed by atoms with Crippen LogP contribution < -0.4 is 0 Å². The van der Waals surface area contributed by atoms with Crippen molar-refractivity contribution >= 4 is 33.1 Å². The van der Waals surface area contributed by atoms with Gasteiger partial charge in [0.15, 0.2) is 11.6 Å². The maximum Gasteiger partial charge on any atom is 0.201 e. The second kappa shape index (κ2) is 6.67. The van der Waals surface area contributed by atoms with Crippen LogP contribution in [0, 0.1) is 0 Å². The predicted molar refractivity (Wildman–Crippen MR) is 136 cm³/mol. The molecule has 3 aromatic rings. The van der Waals surface area contributed by atoms with E-state index in [4.69, 9.17) is 18.9 Å². The van der Waals surface area contributed by atoms with Crippen LogP contribution >= 0.6 is 0 Å². The molecular formula is C30H26O10. The van der Waals surface area contributed by atoms with Crippen molar-refractivity contribution in [3.63, 3.8) is 0 Å². The number of hydrogen-bond donors (Lipinski definition) is 4. The fourth-order valence-corrected chi connectivity index (χ4v) is 8.67. The Balaban J connectivity index is 1.66. The fourth-order valence-electron chi connectivity index (χ4n) is 8.67. The van der Waals surface area contributed by atoms with Gasteiger partial charge in [0.2, 0.25) is 11.6 Å². The van der Waals surface area contributed by atoms with Gasteiger partial charge in [-0.1, -0.05) is 0 Å². The first-order valence-electron chi connectivity index (χ1n) is 13.7. The molecule has 9 rings (SSSR count). The van der Waals surface area contributed by atoms with Gasteiger partial charge >= 0.3 is 0 Å². The molecule has 0 unspecified atom stereocenters. The third kappa shape index (κ3) is 2.27. The number of rotatable bonds is 0. The highest BCUT2D eigenvalue weighted by Gasteiger charge is 2.59. The second-order valence-electron chi connectivity index (χ2n) is 12.2. The molecule has 4 N–H and O–H groups in total. The number of ether oxygens (including phenoxy) is 4. The van der Waals surface area contributed by atoms with Crippen molar-refractivity contribution in [3.05, 3.63) is 44.5 Å². The summed E-state index contributed by atoms with van der Waals surface area (Å²) in [6.45, 7) is 7.10. The van der Waals surface area contributed by atoms with Crippen LogP contribution in [0.25, 0.3) is 21.5 Å². The summed E-state index contributed by atoms with van der Waals surface area (Å²) in [4.78, 5) is 27.6. The van der Waals surface area contributed by atoms with E-state index in [2.05, 4.69) is 0 Å². The Bertz CT molecular complexity index is 1710.